The van der Waals surface area contributed by atoms with Crippen LogP contribution in [0.3, 0.4) is 0 Å². The van der Waals surface area contributed by atoms with E-state index < -0.39 is 0 Å². The maximum Gasteiger partial charge on any atom is 0.229 e. The summed E-state index contributed by atoms with van der Waals surface area (Å²) in [5, 5.41) is 7.23. The van der Waals surface area contributed by atoms with E-state index in [4.69, 9.17) is 14.7 Å². The number of piperidine rings is 1. The topological polar surface area (TPSA) is 80.1 Å². The summed E-state index contributed by atoms with van der Waals surface area (Å²) in [6.07, 6.45) is 7.52. The van der Waals surface area contributed by atoms with E-state index in [0.717, 1.165) is 61.2 Å². The Morgan fingerprint density at radius 3 is 2.59 bits per heavy atom. The lowest BCUT2D eigenvalue weighted by Crippen LogP contribution is -2.44. The molecule has 1 fully saturated rings. The van der Waals surface area contributed by atoms with Crippen molar-refractivity contribution in [2.75, 3.05) is 36.4 Å². The summed E-state index contributed by atoms with van der Waals surface area (Å²) in [7, 11) is 0. The van der Waals surface area contributed by atoms with E-state index >= 15 is 0 Å². The third-order valence-corrected chi connectivity index (χ3v) is 7.69. The molecule has 2 aliphatic heterocycles. The van der Waals surface area contributed by atoms with E-state index in [2.05, 4.69) is 82.2 Å². The van der Waals surface area contributed by atoms with Gasteiger partial charge in [0.05, 0.1) is 6.33 Å². The molecular weight excluding hydrogens is 486 g/mol. The number of nitrogens with zero attached hydrogens (tertiary/aromatic N) is 5. The Hall–Kier alpha value is -4.17. The number of anilines is 2. The van der Waals surface area contributed by atoms with Crippen LogP contribution in [0.25, 0.3) is 11.2 Å². The second-order valence-corrected chi connectivity index (χ2v) is 10.1. The molecule has 2 N–H and O–H groups in total. The van der Waals surface area contributed by atoms with Gasteiger partial charge in [0, 0.05) is 50.2 Å². The average molecular weight is 522 g/mol. The van der Waals surface area contributed by atoms with Crippen molar-refractivity contribution in [1.29, 1.82) is 0 Å². The monoisotopic (exact) mass is 521 g/mol. The number of imidazole rings is 1. The van der Waals surface area contributed by atoms with Crippen LogP contribution in [0.15, 0.2) is 80.2 Å². The standard InChI is InChI=1S/C31H35N7O/c1-3-15-32-29-28-30(38(16-4-2)21-34-28)36-31(35-29)37-17-13-23(14-18-37)33-19-26-24-10-6-5-9-22(24)20-39-27-12-8-7-11-25(26)27/h3-12,21,23,26,33H,1-2,13-20H2,(H,32,35,36). The van der Waals surface area contributed by atoms with Gasteiger partial charge in [-0.25, -0.2) is 4.98 Å². The fourth-order valence-corrected chi connectivity index (χ4v) is 5.66. The first-order valence-electron chi connectivity index (χ1n) is 13.7. The minimum absolute atomic E-state index is 0.257. The summed E-state index contributed by atoms with van der Waals surface area (Å²) >= 11 is 0. The molecule has 8 nitrogen and oxygen atoms in total. The van der Waals surface area contributed by atoms with Crippen LogP contribution in [0.2, 0.25) is 0 Å². The molecule has 39 heavy (non-hydrogen) atoms. The Balaban J connectivity index is 1.16. The van der Waals surface area contributed by atoms with Crippen LogP contribution in [0.5, 0.6) is 5.75 Å². The highest BCUT2D eigenvalue weighted by atomic mass is 16.5. The summed E-state index contributed by atoms with van der Waals surface area (Å²) in [5.41, 5.74) is 5.46. The predicted octanol–water partition coefficient (Wildman–Crippen LogP) is 4.89. The molecule has 2 aromatic heterocycles. The van der Waals surface area contributed by atoms with Gasteiger partial charge in [0.15, 0.2) is 17.0 Å². The van der Waals surface area contributed by atoms with Gasteiger partial charge in [0.1, 0.15) is 12.4 Å². The van der Waals surface area contributed by atoms with Crippen LogP contribution < -0.4 is 20.3 Å². The number of para-hydroxylation sites is 1. The highest BCUT2D eigenvalue weighted by Gasteiger charge is 2.27. The van der Waals surface area contributed by atoms with Crippen molar-refractivity contribution < 1.29 is 4.74 Å². The molecule has 4 aromatic rings. The lowest BCUT2D eigenvalue weighted by atomic mass is 9.88. The van der Waals surface area contributed by atoms with E-state index in [-0.39, 0.29) is 5.92 Å². The number of aromatic nitrogens is 4. The fourth-order valence-electron chi connectivity index (χ4n) is 5.66. The molecule has 1 atom stereocenters. The lowest BCUT2D eigenvalue weighted by Gasteiger charge is -2.33. The molecule has 2 aromatic carbocycles. The normalized spacial score (nSPS) is 17.1. The van der Waals surface area contributed by atoms with Crippen LogP contribution in [-0.4, -0.2) is 51.7 Å². The number of fused-ring (bicyclic) bond motifs is 3. The van der Waals surface area contributed by atoms with Crippen LogP contribution in [0.1, 0.15) is 35.4 Å². The summed E-state index contributed by atoms with van der Waals surface area (Å²) in [4.78, 5) is 16.6. The molecule has 0 aliphatic carbocycles. The van der Waals surface area contributed by atoms with Crippen molar-refractivity contribution in [3.8, 4) is 5.75 Å². The molecule has 0 amide bonds. The van der Waals surface area contributed by atoms with Crippen LogP contribution in [-0.2, 0) is 13.2 Å². The molecule has 6 rings (SSSR count). The van der Waals surface area contributed by atoms with Gasteiger partial charge in [-0.1, -0.05) is 54.6 Å². The molecule has 0 bridgehead atoms. The summed E-state index contributed by atoms with van der Waals surface area (Å²) in [6.45, 7) is 12.2. The third kappa shape index (κ3) is 5.12. The quantitative estimate of drug-likeness (QED) is 0.304. The third-order valence-electron chi connectivity index (χ3n) is 7.69. The lowest BCUT2D eigenvalue weighted by molar-refractivity contribution is 0.306. The molecule has 4 heterocycles. The number of hydrogen-bond acceptors (Lipinski definition) is 7. The Kier molecular flexibility index (Phi) is 7.27. The number of hydrogen-bond donors (Lipinski definition) is 2. The summed E-state index contributed by atoms with van der Waals surface area (Å²) < 4.78 is 8.18. The SMILES string of the molecule is C=CCNc1nc(N2CCC(NCC3c4ccccc4COc4ccccc43)CC2)nc2c1ncn2CC=C. The smallest absolute Gasteiger partial charge is 0.229 e. The zero-order valence-electron chi connectivity index (χ0n) is 22.2. The molecule has 0 radical (unpaired) electrons. The van der Waals surface area contributed by atoms with Crippen molar-refractivity contribution in [3.05, 3.63) is 96.9 Å². The molecule has 8 heteroatoms. The summed E-state index contributed by atoms with van der Waals surface area (Å²) in [6, 6.07) is 17.5. The van der Waals surface area contributed by atoms with Crippen molar-refractivity contribution in [2.45, 2.75) is 38.0 Å². The van der Waals surface area contributed by atoms with E-state index in [1.165, 1.54) is 16.7 Å². The predicted molar refractivity (Wildman–Crippen MR) is 157 cm³/mol. The van der Waals surface area contributed by atoms with Gasteiger partial charge < -0.3 is 24.8 Å². The molecule has 1 saturated heterocycles. The van der Waals surface area contributed by atoms with Crippen molar-refractivity contribution in [1.82, 2.24) is 24.8 Å². The average Bonchev–Trinajstić information content (AvgIpc) is 3.31. The second-order valence-electron chi connectivity index (χ2n) is 10.1. The Morgan fingerprint density at radius 2 is 1.77 bits per heavy atom. The van der Waals surface area contributed by atoms with Gasteiger partial charge in [-0.15, -0.1) is 13.2 Å². The van der Waals surface area contributed by atoms with E-state index in [0.29, 0.717) is 25.7 Å². The Bertz CT molecular complexity index is 1420. The van der Waals surface area contributed by atoms with E-state index in [9.17, 15) is 0 Å². The minimum atomic E-state index is 0.257. The van der Waals surface area contributed by atoms with E-state index in [1.807, 2.05) is 16.7 Å². The number of rotatable bonds is 9. The van der Waals surface area contributed by atoms with Gasteiger partial charge in [0.25, 0.3) is 0 Å². The number of allylic oxidation sites excluding steroid dienone is 1. The zero-order valence-corrected chi connectivity index (χ0v) is 22.2. The molecule has 0 saturated carbocycles. The van der Waals surface area contributed by atoms with Crippen molar-refractivity contribution >= 4 is 22.9 Å². The first-order chi connectivity index (χ1) is 19.2. The van der Waals surface area contributed by atoms with Crippen molar-refractivity contribution in [3.63, 3.8) is 0 Å². The molecule has 2 aliphatic rings. The largest absolute Gasteiger partial charge is 0.489 e. The fraction of sp³-hybridized carbons (Fsp3) is 0.323. The highest BCUT2D eigenvalue weighted by molar-refractivity contribution is 5.84. The van der Waals surface area contributed by atoms with Crippen LogP contribution in [0, 0.1) is 0 Å². The van der Waals surface area contributed by atoms with Gasteiger partial charge >= 0.3 is 0 Å². The molecule has 0 spiro atoms. The van der Waals surface area contributed by atoms with Gasteiger partial charge in [0.2, 0.25) is 5.95 Å². The maximum atomic E-state index is 6.17. The first kappa shape index (κ1) is 25.1. The van der Waals surface area contributed by atoms with E-state index in [1.54, 1.807) is 6.33 Å². The summed E-state index contributed by atoms with van der Waals surface area (Å²) in [5.74, 6) is 2.72. The molecule has 200 valence electrons. The number of benzene rings is 2. The number of ether oxygens (including phenoxy) is 1. The van der Waals surface area contributed by atoms with Gasteiger partial charge in [-0.3, -0.25) is 0 Å². The second kappa shape index (κ2) is 11.3. The molecule has 1 unspecified atom stereocenters. The Labute approximate surface area is 229 Å². The number of nitrogens with one attached hydrogen (secondary N) is 2. The van der Waals surface area contributed by atoms with Crippen molar-refractivity contribution in [2.24, 2.45) is 0 Å². The zero-order chi connectivity index (χ0) is 26.6. The minimum Gasteiger partial charge on any atom is -0.489 e. The van der Waals surface area contributed by atoms with Gasteiger partial charge in [-0.05, 0) is 30.0 Å². The van der Waals surface area contributed by atoms with Gasteiger partial charge in [-0.2, -0.15) is 9.97 Å². The highest BCUT2D eigenvalue weighted by Crippen LogP contribution is 2.37. The van der Waals surface area contributed by atoms with Crippen LogP contribution in [0.4, 0.5) is 11.8 Å². The Morgan fingerprint density at radius 1 is 0.974 bits per heavy atom. The maximum absolute atomic E-state index is 6.17. The molecular formula is C31H35N7O. The van der Waals surface area contributed by atoms with Crippen LogP contribution >= 0.6 is 0 Å². The first-order valence-corrected chi connectivity index (χ1v) is 13.7.